The highest BCUT2D eigenvalue weighted by molar-refractivity contribution is 5.43. The Hall–Kier alpha value is -1.65. The van der Waals surface area contributed by atoms with Crippen molar-refractivity contribution in [2.75, 3.05) is 0 Å². The lowest BCUT2D eigenvalue weighted by atomic mass is 10.4. The van der Waals surface area contributed by atoms with E-state index >= 15 is 0 Å². The molecule has 0 atom stereocenters. The summed E-state index contributed by atoms with van der Waals surface area (Å²) in [6, 6.07) is 3.54. The topological polar surface area (TPSA) is 67.6 Å². The van der Waals surface area contributed by atoms with Crippen LogP contribution in [0, 0.1) is 0 Å². The van der Waals surface area contributed by atoms with Crippen molar-refractivity contribution in [1.82, 2.24) is 20.6 Å². The van der Waals surface area contributed by atoms with Gasteiger partial charge in [-0.1, -0.05) is 0 Å². The van der Waals surface area contributed by atoms with Crippen LogP contribution in [-0.2, 0) is 0 Å². The van der Waals surface area contributed by atoms with Crippen molar-refractivity contribution >= 4 is 0 Å². The average Bonchev–Trinajstić information content (AvgIpc) is 2.59. The Bertz CT molecular complexity index is 253. The van der Waals surface area contributed by atoms with Gasteiger partial charge in [0.25, 0.3) is 0 Å². The Morgan fingerprint density at radius 2 is 2.50 bits per heavy atom. The molecule has 0 saturated heterocycles. The van der Waals surface area contributed by atoms with Crippen LogP contribution in [0.25, 0.3) is 11.6 Å². The summed E-state index contributed by atoms with van der Waals surface area (Å²) in [6.45, 7) is 0. The minimum absolute atomic E-state index is 0.477. The van der Waals surface area contributed by atoms with E-state index in [4.69, 9.17) is 4.42 Å². The van der Waals surface area contributed by atoms with Gasteiger partial charge in [0.2, 0.25) is 5.82 Å². The lowest BCUT2D eigenvalue weighted by Crippen LogP contribution is -1.74. The van der Waals surface area contributed by atoms with Crippen LogP contribution in [0.4, 0.5) is 0 Å². The van der Waals surface area contributed by atoms with Gasteiger partial charge in [0.15, 0.2) is 5.76 Å². The van der Waals surface area contributed by atoms with Crippen molar-refractivity contribution in [3.8, 4) is 11.6 Å². The van der Waals surface area contributed by atoms with E-state index in [0.717, 1.165) is 0 Å². The zero-order valence-electron chi connectivity index (χ0n) is 4.98. The van der Waals surface area contributed by atoms with E-state index in [2.05, 4.69) is 20.6 Å². The van der Waals surface area contributed by atoms with Gasteiger partial charge in [-0.25, -0.2) is 0 Å². The van der Waals surface area contributed by atoms with Crippen molar-refractivity contribution in [1.29, 1.82) is 0 Å². The van der Waals surface area contributed by atoms with Gasteiger partial charge >= 0.3 is 0 Å². The maximum absolute atomic E-state index is 4.99. The molecule has 0 bridgehead atoms. The van der Waals surface area contributed by atoms with E-state index in [-0.39, 0.29) is 0 Å². The second kappa shape index (κ2) is 1.94. The molecule has 0 unspecified atom stereocenters. The van der Waals surface area contributed by atoms with Gasteiger partial charge in [-0.15, -0.1) is 10.2 Å². The molecule has 2 aromatic rings. The second-order valence-electron chi connectivity index (χ2n) is 1.71. The Labute approximate surface area is 56.1 Å². The Morgan fingerprint density at radius 1 is 1.50 bits per heavy atom. The smallest absolute Gasteiger partial charge is 0.239 e. The van der Waals surface area contributed by atoms with E-state index in [1.807, 2.05) is 0 Å². The van der Waals surface area contributed by atoms with Crippen molar-refractivity contribution < 1.29 is 4.42 Å². The van der Waals surface area contributed by atoms with E-state index in [9.17, 15) is 0 Å². The molecule has 0 fully saturated rings. The number of H-pyrrole nitrogens is 1. The van der Waals surface area contributed by atoms with Gasteiger partial charge in [-0.3, -0.25) is 0 Å². The molecule has 0 aliphatic rings. The summed E-state index contributed by atoms with van der Waals surface area (Å²) in [4.78, 5) is 0. The predicted octanol–water partition coefficient (Wildman–Crippen LogP) is 0.460. The Balaban J connectivity index is 2.48. The summed E-state index contributed by atoms with van der Waals surface area (Å²) < 4.78 is 4.99. The Morgan fingerprint density at radius 3 is 3.10 bits per heavy atom. The van der Waals surface area contributed by atoms with Crippen molar-refractivity contribution in [3.05, 3.63) is 18.4 Å². The summed E-state index contributed by atoms with van der Waals surface area (Å²) in [5, 5.41) is 13.1. The summed E-state index contributed by atoms with van der Waals surface area (Å²) >= 11 is 0. The largest absolute Gasteiger partial charge is 0.461 e. The highest BCUT2D eigenvalue weighted by Gasteiger charge is 2.02. The van der Waals surface area contributed by atoms with Crippen molar-refractivity contribution in [2.45, 2.75) is 0 Å². The van der Waals surface area contributed by atoms with E-state index in [0.29, 0.717) is 11.6 Å². The summed E-state index contributed by atoms with van der Waals surface area (Å²) in [7, 11) is 0. The number of aromatic nitrogens is 4. The summed E-state index contributed by atoms with van der Waals surface area (Å²) in [6.07, 6.45) is 1.56. The average molecular weight is 136 g/mol. The van der Waals surface area contributed by atoms with Crippen LogP contribution in [0.1, 0.15) is 0 Å². The number of nitrogens with one attached hydrogen (secondary N) is 1. The fourth-order valence-corrected chi connectivity index (χ4v) is 0.672. The number of furan rings is 1. The number of hydrogen-bond donors (Lipinski definition) is 1. The minimum Gasteiger partial charge on any atom is -0.461 e. The zero-order valence-corrected chi connectivity index (χ0v) is 4.98. The SMILES string of the molecule is c1coc(-c2nn[nH]n2)c1. The highest BCUT2D eigenvalue weighted by atomic mass is 16.3. The number of nitrogens with zero attached hydrogens (tertiary/aromatic N) is 3. The van der Waals surface area contributed by atoms with Gasteiger partial charge < -0.3 is 4.42 Å². The van der Waals surface area contributed by atoms with Crippen LogP contribution in [0.15, 0.2) is 22.8 Å². The number of aromatic amines is 1. The minimum atomic E-state index is 0.477. The molecule has 50 valence electrons. The summed E-state index contributed by atoms with van der Waals surface area (Å²) in [5.41, 5.74) is 0. The molecule has 0 amide bonds. The van der Waals surface area contributed by atoms with Crippen LogP contribution < -0.4 is 0 Å². The van der Waals surface area contributed by atoms with Crippen LogP contribution in [-0.4, -0.2) is 20.6 Å². The highest BCUT2D eigenvalue weighted by Crippen LogP contribution is 2.11. The predicted molar refractivity (Wildman–Crippen MR) is 31.9 cm³/mol. The molecule has 0 aliphatic heterocycles. The third kappa shape index (κ3) is 0.680. The number of rotatable bonds is 1. The molecule has 2 heterocycles. The van der Waals surface area contributed by atoms with Crippen molar-refractivity contribution in [3.63, 3.8) is 0 Å². The third-order valence-corrected chi connectivity index (χ3v) is 1.09. The van der Waals surface area contributed by atoms with E-state index in [1.165, 1.54) is 0 Å². The third-order valence-electron chi connectivity index (χ3n) is 1.09. The quantitative estimate of drug-likeness (QED) is 0.618. The molecular weight excluding hydrogens is 132 g/mol. The Kier molecular flexibility index (Phi) is 1.00. The fraction of sp³-hybridized carbons (Fsp3) is 0. The van der Waals surface area contributed by atoms with Gasteiger partial charge in [0.1, 0.15) is 0 Å². The van der Waals surface area contributed by atoms with Gasteiger partial charge in [-0.2, -0.15) is 5.21 Å². The molecule has 0 spiro atoms. The molecule has 1 N–H and O–H groups in total. The first-order valence-corrected chi connectivity index (χ1v) is 2.74. The van der Waals surface area contributed by atoms with Crippen LogP contribution in [0.3, 0.4) is 0 Å². The zero-order chi connectivity index (χ0) is 6.81. The van der Waals surface area contributed by atoms with Gasteiger partial charge in [0, 0.05) is 0 Å². The maximum atomic E-state index is 4.99. The molecule has 10 heavy (non-hydrogen) atoms. The van der Waals surface area contributed by atoms with Gasteiger partial charge in [-0.05, 0) is 17.3 Å². The monoisotopic (exact) mass is 136 g/mol. The molecule has 0 saturated carbocycles. The molecule has 0 aromatic carbocycles. The molecule has 5 heteroatoms. The molecule has 2 rings (SSSR count). The fourth-order valence-electron chi connectivity index (χ4n) is 0.672. The van der Waals surface area contributed by atoms with Crippen LogP contribution in [0.2, 0.25) is 0 Å². The maximum Gasteiger partial charge on any atom is 0.239 e. The van der Waals surface area contributed by atoms with Crippen LogP contribution >= 0.6 is 0 Å². The number of hydrogen-bond acceptors (Lipinski definition) is 4. The molecular formula is C5H4N4O. The first-order valence-electron chi connectivity index (χ1n) is 2.74. The second-order valence-corrected chi connectivity index (χ2v) is 1.71. The summed E-state index contributed by atoms with van der Waals surface area (Å²) in [5.74, 6) is 1.10. The van der Waals surface area contributed by atoms with Crippen LogP contribution in [0.5, 0.6) is 0 Å². The first kappa shape index (κ1) is 5.16. The molecule has 5 nitrogen and oxygen atoms in total. The van der Waals surface area contributed by atoms with E-state index < -0.39 is 0 Å². The standard InChI is InChI=1S/C5H4N4O/c1-2-4(10-3-1)5-6-8-9-7-5/h1-3H,(H,6,7,8,9). The lowest BCUT2D eigenvalue weighted by Gasteiger charge is -1.80. The van der Waals surface area contributed by atoms with Gasteiger partial charge in [0.05, 0.1) is 6.26 Å². The molecule has 0 aliphatic carbocycles. The van der Waals surface area contributed by atoms with E-state index in [1.54, 1.807) is 18.4 Å². The lowest BCUT2D eigenvalue weighted by molar-refractivity contribution is 0.577. The van der Waals surface area contributed by atoms with Crippen molar-refractivity contribution in [2.24, 2.45) is 0 Å². The molecule has 0 radical (unpaired) electrons. The first-order chi connectivity index (χ1) is 4.97. The number of tetrazole rings is 1. The molecule has 2 aromatic heterocycles. The normalized spacial score (nSPS) is 10.0.